The molecule has 29 heavy (non-hydrogen) atoms. The summed E-state index contributed by atoms with van der Waals surface area (Å²) in [5, 5.41) is 13.1. The first-order valence-corrected chi connectivity index (χ1v) is 10.7. The Kier molecular flexibility index (Phi) is 10.3. The van der Waals surface area contributed by atoms with Crippen molar-refractivity contribution in [1.29, 1.82) is 0 Å². The van der Waals surface area contributed by atoms with Crippen LogP contribution >= 0.6 is 35.3 Å². The Labute approximate surface area is 193 Å². The molecule has 0 aliphatic rings. The summed E-state index contributed by atoms with van der Waals surface area (Å²) < 4.78 is 10.9. The van der Waals surface area contributed by atoms with E-state index in [1.165, 1.54) is 4.88 Å². The van der Waals surface area contributed by atoms with Gasteiger partial charge in [0.1, 0.15) is 11.5 Å². The van der Waals surface area contributed by atoms with Crippen molar-refractivity contribution < 1.29 is 8.94 Å². The number of aromatic nitrogens is 1. The van der Waals surface area contributed by atoms with Crippen molar-refractivity contribution in [2.24, 2.45) is 4.99 Å². The van der Waals surface area contributed by atoms with Gasteiger partial charge in [-0.05, 0) is 36.4 Å². The van der Waals surface area contributed by atoms with Crippen molar-refractivity contribution in [2.45, 2.75) is 46.1 Å². The van der Waals surface area contributed by atoms with Crippen molar-refractivity contribution >= 4 is 41.3 Å². The highest BCUT2D eigenvalue weighted by Crippen LogP contribution is 2.16. The van der Waals surface area contributed by atoms with Crippen LogP contribution in [0.25, 0.3) is 0 Å². The summed E-state index contributed by atoms with van der Waals surface area (Å²) in [6.07, 6.45) is 5.16. The van der Waals surface area contributed by atoms with Crippen LogP contribution in [0.15, 0.2) is 49.8 Å². The number of nitrogens with one attached hydrogen (secondary N) is 2. The van der Waals surface area contributed by atoms with Crippen LogP contribution < -0.4 is 10.6 Å². The van der Waals surface area contributed by atoms with Gasteiger partial charge in [0.15, 0.2) is 5.96 Å². The Morgan fingerprint density at radius 1 is 1.10 bits per heavy atom. The number of hydrogen-bond donors (Lipinski definition) is 2. The van der Waals surface area contributed by atoms with Crippen LogP contribution in [-0.4, -0.2) is 24.2 Å². The standard InChI is InChI=1S/C21H28N4O2S.HI/c1-3-19-18(20(4-2)27-25-19)15-24-21(22-11-9-16-7-5-13-26-16)23-12-10-17-8-6-14-28-17;/h5-8,13-14H,3-4,9-12,15H2,1-2H3,(H2,22,23,24);1H. The fourth-order valence-corrected chi connectivity index (χ4v) is 3.68. The molecule has 0 radical (unpaired) electrons. The number of aliphatic imine (C=N–C) groups is 1. The number of thiophene rings is 1. The molecule has 0 fully saturated rings. The second-order valence-electron chi connectivity index (χ2n) is 6.42. The van der Waals surface area contributed by atoms with E-state index in [0.29, 0.717) is 6.54 Å². The molecule has 3 aromatic rings. The Hall–Kier alpha value is -1.81. The van der Waals surface area contributed by atoms with Gasteiger partial charge in [-0.2, -0.15) is 0 Å². The number of aryl methyl sites for hydroxylation is 2. The Balaban J connectivity index is 0.00000300. The first kappa shape index (κ1) is 23.5. The number of halogens is 1. The van der Waals surface area contributed by atoms with Gasteiger partial charge in [0, 0.05) is 36.4 Å². The van der Waals surface area contributed by atoms with Crippen molar-refractivity contribution in [1.82, 2.24) is 15.8 Å². The minimum Gasteiger partial charge on any atom is -0.469 e. The van der Waals surface area contributed by atoms with Crippen LogP contribution in [0.3, 0.4) is 0 Å². The summed E-state index contributed by atoms with van der Waals surface area (Å²) in [7, 11) is 0. The summed E-state index contributed by atoms with van der Waals surface area (Å²) in [5.74, 6) is 2.69. The van der Waals surface area contributed by atoms with E-state index < -0.39 is 0 Å². The quantitative estimate of drug-likeness (QED) is 0.229. The van der Waals surface area contributed by atoms with Gasteiger partial charge in [-0.15, -0.1) is 35.3 Å². The molecule has 0 aliphatic carbocycles. The summed E-state index contributed by atoms with van der Waals surface area (Å²) in [4.78, 5) is 6.15. The number of rotatable bonds is 10. The Morgan fingerprint density at radius 3 is 2.59 bits per heavy atom. The lowest BCUT2D eigenvalue weighted by Crippen LogP contribution is -2.39. The molecule has 0 amide bonds. The lowest BCUT2D eigenvalue weighted by atomic mass is 10.1. The second-order valence-corrected chi connectivity index (χ2v) is 7.45. The van der Waals surface area contributed by atoms with E-state index in [9.17, 15) is 0 Å². The first-order valence-electron chi connectivity index (χ1n) is 9.83. The van der Waals surface area contributed by atoms with Gasteiger partial charge < -0.3 is 19.6 Å². The van der Waals surface area contributed by atoms with Crippen molar-refractivity contribution in [3.05, 3.63) is 63.6 Å². The molecule has 0 unspecified atom stereocenters. The highest BCUT2D eigenvalue weighted by atomic mass is 127. The smallest absolute Gasteiger partial charge is 0.191 e. The summed E-state index contributed by atoms with van der Waals surface area (Å²) in [5.41, 5.74) is 2.10. The van der Waals surface area contributed by atoms with E-state index >= 15 is 0 Å². The van der Waals surface area contributed by atoms with Crippen molar-refractivity contribution in [3.63, 3.8) is 0 Å². The van der Waals surface area contributed by atoms with Crippen LogP contribution in [0.4, 0.5) is 0 Å². The maximum Gasteiger partial charge on any atom is 0.191 e. The number of furan rings is 1. The van der Waals surface area contributed by atoms with Gasteiger partial charge in [-0.3, -0.25) is 0 Å². The zero-order chi connectivity index (χ0) is 19.6. The Bertz CT molecular complexity index is 781. The molecule has 0 bridgehead atoms. The maximum atomic E-state index is 5.46. The lowest BCUT2D eigenvalue weighted by molar-refractivity contribution is 0.380. The fourth-order valence-electron chi connectivity index (χ4n) is 2.97. The molecule has 0 atom stereocenters. The molecule has 0 saturated carbocycles. The summed E-state index contributed by atoms with van der Waals surface area (Å²) in [6.45, 7) is 6.31. The van der Waals surface area contributed by atoms with Crippen molar-refractivity contribution in [2.75, 3.05) is 13.1 Å². The molecular formula is C21H29IN4O2S. The molecular weight excluding hydrogens is 499 g/mol. The zero-order valence-corrected chi connectivity index (χ0v) is 20.1. The topological polar surface area (TPSA) is 75.6 Å². The average Bonchev–Trinajstić information content (AvgIpc) is 3.46. The van der Waals surface area contributed by atoms with Crippen LogP contribution in [0.1, 0.15) is 41.5 Å². The molecule has 0 spiro atoms. The van der Waals surface area contributed by atoms with Gasteiger partial charge in [0.25, 0.3) is 0 Å². The van der Waals surface area contributed by atoms with Crippen LogP contribution in [0, 0.1) is 0 Å². The average molecular weight is 528 g/mol. The van der Waals surface area contributed by atoms with Crippen LogP contribution in [0.2, 0.25) is 0 Å². The maximum absolute atomic E-state index is 5.46. The number of hydrogen-bond acceptors (Lipinski definition) is 5. The molecule has 6 nitrogen and oxygen atoms in total. The monoisotopic (exact) mass is 528 g/mol. The van der Waals surface area contributed by atoms with E-state index in [4.69, 9.17) is 13.9 Å². The normalized spacial score (nSPS) is 11.3. The van der Waals surface area contributed by atoms with Crippen LogP contribution in [0.5, 0.6) is 0 Å². The van der Waals surface area contributed by atoms with E-state index in [-0.39, 0.29) is 24.0 Å². The predicted octanol–water partition coefficient (Wildman–Crippen LogP) is 4.59. The Morgan fingerprint density at radius 2 is 1.93 bits per heavy atom. The zero-order valence-electron chi connectivity index (χ0n) is 16.9. The molecule has 0 aliphatic heterocycles. The third-order valence-electron chi connectivity index (χ3n) is 4.49. The van der Waals surface area contributed by atoms with E-state index in [1.807, 2.05) is 12.1 Å². The minimum absolute atomic E-state index is 0. The van der Waals surface area contributed by atoms with E-state index in [1.54, 1.807) is 17.6 Å². The van der Waals surface area contributed by atoms with E-state index in [2.05, 4.69) is 47.2 Å². The molecule has 3 aromatic heterocycles. The molecule has 3 heterocycles. The number of nitrogens with zero attached hydrogens (tertiary/aromatic N) is 2. The highest BCUT2D eigenvalue weighted by Gasteiger charge is 2.13. The fraction of sp³-hybridized carbons (Fsp3) is 0.429. The van der Waals surface area contributed by atoms with E-state index in [0.717, 1.165) is 67.5 Å². The van der Waals surface area contributed by atoms with Gasteiger partial charge in [0.05, 0.1) is 18.5 Å². The second kappa shape index (κ2) is 12.7. The highest BCUT2D eigenvalue weighted by molar-refractivity contribution is 14.0. The van der Waals surface area contributed by atoms with Gasteiger partial charge in [-0.25, -0.2) is 4.99 Å². The molecule has 158 valence electrons. The molecule has 3 rings (SSSR count). The van der Waals surface area contributed by atoms with Gasteiger partial charge in [0.2, 0.25) is 0 Å². The van der Waals surface area contributed by atoms with Crippen LogP contribution in [-0.2, 0) is 32.2 Å². The third kappa shape index (κ3) is 7.18. The summed E-state index contributed by atoms with van der Waals surface area (Å²) >= 11 is 1.78. The third-order valence-corrected chi connectivity index (χ3v) is 5.43. The molecule has 0 aromatic carbocycles. The van der Waals surface area contributed by atoms with Gasteiger partial charge >= 0.3 is 0 Å². The summed E-state index contributed by atoms with van der Waals surface area (Å²) in [6, 6.07) is 8.14. The molecule has 8 heteroatoms. The first-order chi connectivity index (χ1) is 13.8. The lowest BCUT2D eigenvalue weighted by Gasteiger charge is -2.12. The minimum atomic E-state index is 0. The SMILES string of the molecule is CCc1noc(CC)c1CN=C(NCCc1ccco1)NCCc1cccs1.I. The molecule has 0 saturated heterocycles. The predicted molar refractivity (Wildman–Crippen MR) is 128 cm³/mol. The number of guanidine groups is 1. The van der Waals surface area contributed by atoms with Crippen molar-refractivity contribution in [3.8, 4) is 0 Å². The molecule has 2 N–H and O–H groups in total. The largest absolute Gasteiger partial charge is 0.469 e. The van der Waals surface area contributed by atoms with Gasteiger partial charge in [-0.1, -0.05) is 25.1 Å².